The second-order valence-corrected chi connectivity index (χ2v) is 11.9. The number of rotatable bonds is 12. The number of carbonyl (C=O) groups excluding carboxylic acids is 1. The van der Waals surface area contributed by atoms with Crippen LogP contribution < -0.4 is 19.6 Å². The molecule has 0 aliphatic carbocycles. The number of amides is 1. The van der Waals surface area contributed by atoms with Crippen LogP contribution in [0.5, 0.6) is 11.5 Å². The molecule has 42 heavy (non-hydrogen) atoms. The first-order valence-electron chi connectivity index (χ1n) is 12.9. The standard InChI is InChI=1S/C31H29Cl2N3O5S/c1-21-8-14-26(15-9-21)42(38,39)36-28(24-6-4-3-5-7-24)18-30(37)35-34-19-23-16-27(33)31(29(17-23)40-2)41-20-22-10-12-25(32)13-11-22/h3-17,19,28,36H,18,20H2,1-2H3,(H,35,37)/b34-19-/t28-/m1/s1. The number of methoxy groups -OCH3 is 1. The molecule has 0 fully saturated rings. The van der Waals surface area contributed by atoms with Gasteiger partial charge in [0.15, 0.2) is 11.5 Å². The van der Waals surface area contributed by atoms with Gasteiger partial charge in [0, 0.05) is 11.4 Å². The Bertz CT molecular complexity index is 1650. The van der Waals surface area contributed by atoms with E-state index in [1.807, 2.05) is 25.1 Å². The minimum Gasteiger partial charge on any atom is -0.493 e. The van der Waals surface area contributed by atoms with Crippen molar-refractivity contribution in [2.24, 2.45) is 5.10 Å². The number of hydrogen-bond acceptors (Lipinski definition) is 6. The fourth-order valence-electron chi connectivity index (χ4n) is 3.99. The fourth-order valence-corrected chi connectivity index (χ4v) is 5.61. The largest absolute Gasteiger partial charge is 0.493 e. The molecule has 0 aliphatic heterocycles. The molecule has 218 valence electrons. The molecular weight excluding hydrogens is 597 g/mol. The van der Waals surface area contributed by atoms with Crippen molar-refractivity contribution in [1.29, 1.82) is 0 Å². The highest BCUT2D eigenvalue weighted by Crippen LogP contribution is 2.36. The van der Waals surface area contributed by atoms with Crippen LogP contribution in [0.25, 0.3) is 0 Å². The smallest absolute Gasteiger partial charge is 0.242 e. The van der Waals surface area contributed by atoms with Gasteiger partial charge in [0.2, 0.25) is 15.9 Å². The van der Waals surface area contributed by atoms with Gasteiger partial charge in [-0.3, -0.25) is 4.79 Å². The number of halogens is 2. The van der Waals surface area contributed by atoms with Gasteiger partial charge in [0.05, 0.1) is 29.3 Å². The molecule has 0 heterocycles. The van der Waals surface area contributed by atoms with Crippen molar-refractivity contribution in [3.8, 4) is 11.5 Å². The number of nitrogens with zero attached hydrogens (tertiary/aromatic N) is 1. The molecule has 4 aromatic carbocycles. The molecule has 4 rings (SSSR count). The van der Waals surface area contributed by atoms with Gasteiger partial charge in [-0.2, -0.15) is 5.10 Å². The Kier molecular flexibility index (Phi) is 10.6. The van der Waals surface area contributed by atoms with Crippen molar-refractivity contribution in [2.75, 3.05) is 7.11 Å². The Labute approximate surface area is 255 Å². The minimum atomic E-state index is -3.89. The van der Waals surface area contributed by atoms with E-state index < -0.39 is 22.0 Å². The third-order valence-electron chi connectivity index (χ3n) is 6.17. The molecule has 8 nitrogen and oxygen atoms in total. The topological polar surface area (TPSA) is 106 Å². The van der Waals surface area contributed by atoms with E-state index in [0.717, 1.165) is 11.1 Å². The Morgan fingerprint density at radius 1 is 0.976 bits per heavy atom. The highest BCUT2D eigenvalue weighted by Gasteiger charge is 2.23. The van der Waals surface area contributed by atoms with Crippen LogP contribution in [-0.2, 0) is 21.4 Å². The second-order valence-electron chi connectivity index (χ2n) is 9.34. The molecular formula is C31H29Cl2N3O5S. The van der Waals surface area contributed by atoms with Crippen LogP contribution >= 0.6 is 23.2 Å². The van der Waals surface area contributed by atoms with Gasteiger partial charge in [-0.15, -0.1) is 0 Å². The van der Waals surface area contributed by atoms with Crippen molar-refractivity contribution in [3.05, 3.63) is 123 Å². The van der Waals surface area contributed by atoms with Crippen LogP contribution in [0, 0.1) is 6.92 Å². The van der Waals surface area contributed by atoms with Crippen LogP contribution in [0.4, 0.5) is 0 Å². The molecule has 0 saturated heterocycles. The highest BCUT2D eigenvalue weighted by molar-refractivity contribution is 7.89. The lowest BCUT2D eigenvalue weighted by atomic mass is 10.0. The Morgan fingerprint density at radius 2 is 1.67 bits per heavy atom. The number of hydrogen-bond donors (Lipinski definition) is 2. The zero-order valence-electron chi connectivity index (χ0n) is 22.9. The third kappa shape index (κ3) is 8.56. The van der Waals surface area contributed by atoms with Crippen LogP contribution in [0.2, 0.25) is 10.0 Å². The molecule has 0 aromatic heterocycles. The van der Waals surface area contributed by atoms with E-state index in [4.69, 9.17) is 32.7 Å². The molecule has 11 heteroatoms. The lowest BCUT2D eigenvalue weighted by Gasteiger charge is -2.18. The Morgan fingerprint density at radius 3 is 2.33 bits per heavy atom. The summed E-state index contributed by atoms with van der Waals surface area (Å²) < 4.78 is 40.1. The van der Waals surface area contributed by atoms with Gasteiger partial charge in [-0.05, 0) is 60.0 Å². The van der Waals surface area contributed by atoms with Crippen molar-refractivity contribution < 1.29 is 22.7 Å². The maximum Gasteiger partial charge on any atom is 0.242 e. The number of benzene rings is 4. The number of hydrazone groups is 1. The van der Waals surface area contributed by atoms with Crippen molar-refractivity contribution >= 4 is 45.3 Å². The zero-order chi connectivity index (χ0) is 30.1. The second kappa shape index (κ2) is 14.3. The van der Waals surface area contributed by atoms with Crippen LogP contribution in [0.3, 0.4) is 0 Å². The summed E-state index contributed by atoms with van der Waals surface area (Å²) in [5, 5.41) is 4.96. The molecule has 0 aliphatic rings. The maximum absolute atomic E-state index is 13.1. The fraction of sp³-hybridized carbons (Fsp3) is 0.161. The van der Waals surface area contributed by atoms with Crippen molar-refractivity contribution in [3.63, 3.8) is 0 Å². The minimum absolute atomic E-state index is 0.110. The maximum atomic E-state index is 13.1. The molecule has 2 N–H and O–H groups in total. The van der Waals surface area contributed by atoms with Gasteiger partial charge in [-0.1, -0.05) is 83.4 Å². The summed E-state index contributed by atoms with van der Waals surface area (Å²) in [5.41, 5.74) is 5.48. The average molecular weight is 627 g/mol. The first kappa shape index (κ1) is 31.1. The summed E-state index contributed by atoms with van der Waals surface area (Å²) >= 11 is 12.4. The predicted octanol–water partition coefficient (Wildman–Crippen LogP) is 6.45. The van der Waals surface area contributed by atoms with E-state index >= 15 is 0 Å². The van der Waals surface area contributed by atoms with Crippen LogP contribution in [0.15, 0.2) is 101 Å². The van der Waals surface area contributed by atoms with E-state index in [9.17, 15) is 13.2 Å². The van der Waals surface area contributed by atoms with E-state index in [2.05, 4.69) is 15.2 Å². The number of nitrogens with one attached hydrogen (secondary N) is 2. The predicted molar refractivity (Wildman–Crippen MR) is 165 cm³/mol. The molecule has 0 radical (unpaired) electrons. The molecule has 0 saturated carbocycles. The molecule has 0 unspecified atom stereocenters. The van der Waals surface area contributed by atoms with Gasteiger partial charge in [0.1, 0.15) is 6.61 Å². The molecule has 0 spiro atoms. The monoisotopic (exact) mass is 625 g/mol. The summed E-state index contributed by atoms with van der Waals surface area (Å²) in [4.78, 5) is 12.9. The molecule has 1 atom stereocenters. The summed E-state index contributed by atoms with van der Waals surface area (Å²) in [6, 6.07) is 25.1. The average Bonchev–Trinajstić information content (AvgIpc) is 2.97. The Hall–Kier alpha value is -3.89. The van der Waals surface area contributed by atoms with Gasteiger partial charge < -0.3 is 9.47 Å². The van der Waals surface area contributed by atoms with E-state index in [1.165, 1.54) is 25.5 Å². The Balaban J connectivity index is 1.43. The van der Waals surface area contributed by atoms with Crippen molar-refractivity contribution in [2.45, 2.75) is 30.9 Å². The number of sulfonamides is 1. The normalized spacial score (nSPS) is 12.2. The summed E-state index contributed by atoms with van der Waals surface area (Å²) in [7, 11) is -2.40. The third-order valence-corrected chi connectivity index (χ3v) is 8.19. The number of aryl methyl sites for hydroxylation is 1. The molecule has 0 bridgehead atoms. The van der Waals surface area contributed by atoms with Gasteiger partial charge in [0.25, 0.3) is 0 Å². The molecule has 1 amide bonds. The van der Waals surface area contributed by atoms with E-state index in [-0.39, 0.29) is 17.9 Å². The van der Waals surface area contributed by atoms with Crippen molar-refractivity contribution in [1.82, 2.24) is 10.1 Å². The van der Waals surface area contributed by atoms with E-state index in [1.54, 1.807) is 60.7 Å². The van der Waals surface area contributed by atoms with Crippen LogP contribution in [0.1, 0.15) is 34.7 Å². The highest BCUT2D eigenvalue weighted by atomic mass is 35.5. The van der Waals surface area contributed by atoms with Crippen LogP contribution in [-0.4, -0.2) is 27.6 Å². The molecule has 4 aromatic rings. The van der Waals surface area contributed by atoms with Gasteiger partial charge in [-0.25, -0.2) is 18.6 Å². The number of ether oxygens (including phenoxy) is 2. The number of carbonyl (C=O) groups is 1. The van der Waals surface area contributed by atoms with E-state index in [0.29, 0.717) is 32.7 Å². The summed E-state index contributed by atoms with van der Waals surface area (Å²) in [5.74, 6) is 0.258. The lowest BCUT2D eigenvalue weighted by molar-refractivity contribution is -0.121. The zero-order valence-corrected chi connectivity index (χ0v) is 25.2. The first-order valence-corrected chi connectivity index (χ1v) is 15.1. The first-order chi connectivity index (χ1) is 20.1. The summed E-state index contributed by atoms with van der Waals surface area (Å²) in [6.45, 7) is 2.13. The summed E-state index contributed by atoms with van der Waals surface area (Å²) in [6.07, 6.45) is 1.22. The van der Waals surface area contributed by atoms with Gasteiger partial charge >= 0.3 is 0 Å². The lowest BCUT2D eigenvalue weighted by Crippen LogP contribution is -2.32. The SMILES string of the molecule is COc1cc(/C=N\NC(=O)C[C@@H](NS(=O)(=O)c2ccc(C)cc2)c2ccccc2)cc(Cl)c1OCc1ccc(Cl)cc1. The quantitative estimate of drug-likeness (QED) is 0.139.